The number of aryl methyl sites for hydroxylation is 2. The molecule has 0 aliphatic carbocycles. The Morgan fingerprint density at radius 1 is 1.13 bits per heavy atom. The molecule has 3 aromatic rings. The second kappa shape index (κ2) is 8.86. The van der Waals surface area contributed by atoms with E-state index in [1.165, 1.54) is 18.8 Å². The molecule has 30 heavy (non-hydrogen) atoms. The van der Waals surface area contributed by atoms with Crippen molar-refractivity contribution in [1.29, 1.82) is 0 Å². The van der Waals surface area contributed by atoms with Crippen LogP contribution in [0.5, 0.6) is 11.5 Å². The standard InChI is InChI=1S/C21H23FN4O4/c1-5-11-26-20(27)17-19(25(21(26)28)12-7-6-10-22)23-18(24(17)2)14-8-9-15(29-3)16(13-14)30-4/h1,8-9,13H,6-7,10-12H2,2-4H3. The van der Waals surface area contributed by atoms with Crippen LogP contribution in [0.2, 0.25) is 0 Å². The van der Waals surface area contributed by atoms with Crippen LogP contribution in [0.3, 0.4) is 0 Å². The topological polar surface area (TPSA) is 80.3 Å². The molecule has 0 aliphatic heterocycles. The van der Waals surface area contributed by atoms with Gasteiger partial charge in [0.1, 0.15) is 5.82 Å². The SMILES string of the molecule is C#CCn1c(=O)c2c(nc(-c3ccc(OC)c(OC)c3)n2C)n(CCCCF)c1=O. The second-order valence-electron chi connectivity index (χ2n) is 6.66. The Labute approximate surface area is 172 Å². The van der Waals surface area contributed by atoms with Crippen LogP contribution in [0.15, 0.2) is 27.8 Å². The van der Waals surface area contributed by atoms with E-state index in [0.717, 1.165) is 4.57 Å². The number of alkyl halides is 1. The van der Waals surface area contributed by atoms with E-state index in [9.17, 15) is 14.0 Å². The van der Waals surface area contributed by atoms with Crippen molar-refractivity contribution >= 4 is 11.2 Å². The summed E-state index contributed by atoms with van der Waals surface area (Å²) >= 11 is 0. The van der Waals surface area contributed by atoms with Crippen molar-refractivity contribution in [2.75, 3.05) is 20.9 Å². The number of ether oxygens (including phenoxy) is 2. The number of aromatic nitrogens is 4. The molecular weight excluding hydrogens is 391 g/mol. The molecular formula is C21H23FN4O4. The Morgan fingerprint density at radius 3 is 2.50 bits per heavy atom. The molecule has 9 heteroatoms. The minimum Gasteiger partial charge on any atom is -0.493 e. The van der Waals surface area contributed by atoms with E-state index in [2.05, 4.69) is 10.9 Å². The molecule has 2 heterocycles. The Kier molecular flexibility index (Phi) is 6.26. The molecule has 0 saturated heterocycles. The summed E-state index contributed by atoms with van der Waals surface area (Å²) in [5, 5.41) is 0. The van der Waals surface area contributed by atoms with Gasteiger partial charge in [0.25, 0.3) is 5.56 Å². The van der Waals surface area contributed by atoms with Crippen LogP contribution in [0, 0.1) is 12.3 Å². The van der Waals surface area contributed by atoms with Crippen LogP contribution in [-0.2, 0) is 20.1 Å². The highest BCUT2D eigenvalue weighted by Gasteiger charge is 2.21. The Bertz CT molecular complexity index is 1230. The summed E-state index contributed by atoms with van der Waals surface area (Å²) in [5.74, 6) is 3.87. The number of terminal acetylenes is 1. The Morgan fingerprint density at radius 2 is 1.87 bits per heavy atom. The first-order valence-corrected chi connectivity index (χ1v) is 9.40. The summed E-state index contributed by atoms with van der Waals surface area (Å²) in [6, 6.07) is 5.26. The highest BCUT2D eigenvalue weighted by Crippen LogP contribution is 2.32. The zero-order chi connectivity index (χ0) is 21.8. The molecule has 1 aromatic carbocycles. The Balaban J connectivity index is 2.29. The van der Waals surface area contributed by atoms with Gasteiger partial charge in [0.05, 0.1) is 27.4 Å². The number of benzene rings is 1. The number of nitrogens with zero attached hydrogens (tertiary/aromatic N) is 4. The molecule has 8 nitrogen and oxygen atoms in total. The van der Waals surface area contributed by atoms with E-state index in [0.29, 0.717) is 35.7 Å². The van der Waals surface area contributed by atoms with Crippen LogP contribution >= 0.6 is 0 Å². The number of hydrogen-bond donors (Lipinski definition) is 0. The first kappa shape index (κ1) is 21.2. The van der Waals surface area contributed by atoms with E-state index < -0.39 is 17.9 Å². The molecule has 0 unspecified atom stereocenters. The molecule has 0 saturated carbocycles. The third-order valence-electron chi connectivity index (χ3n) is 4.90. The van der Waals surface area contributed by atoms with Gasteiger partial charge >= 0.3 is 5.69 Å². The normalized spacial score (nSPS) is 10.9. The summed E-state index contributed by atoms with van der Waals surface area (Å²) in [4.78, 5) is 30.5. The quantitative estimate of drug-likeness (QED) is 0.416. The predicted octanol–water partition coefficient (Wildman–Crippen LogP) is 1.96. The highest BCUT2D eigenvalue weighted by molar-refractivity contribution is 5.77. The molecule has 0 amide bonds. The smallest absolute Gasteiger partial charge is 0.333 e. The van der Waals surface area contributed by atoms with Gasteiger partial charge in [0, 0.05) is 19.2 Å². The maximum Gasteiger partial charge on any atom is 0.333 e. The number of imidazole rings is 1. The first-order chi connectivity index (χ1) is 14.5. The minimum absolute atomic E-state index is 0.159. The fourth-order valence-electron chi connectivity index (χ4n) is 3.39. The van der Waals surface area contributed by atoms with Crippen molar-refractivity contribution in [3.05, 3.63) is 39.0 Å². The van der Waals surface area contributed by atoms with Crippen LogP contribution in [0.25, 0.3) is 22.6 Å². The van der Waals surface area contributed by atoms with Gasteiger partial charge in [-0.2, -0.15) is 0 Å². The fraction of sp³-hybridized carbons (Fsp3) is 0.381. The van der Waals surface area contributed by atoms with Crippen molar-refractivity contribution in [2.45, 2.75) is 25.9 Å². The number of halogens is 1. The zero-order valence-corrected chi connectivity index (χ0v) is 17.1. The van der Waals surface area contributed by atoms with E-state index >= 15 is 0 Å². The van der Waals surface area contributed by atoms with Crippen LogP contribution < -0.4 is 20.7 Å². The van der Waals surface area contributed by atoms with Crippen molar-refractivity contribution in [1.82, 2.24) is 18.7 Å². The first-order valence-electron chi connectivity index (χ1n) is 9.40. The van der Waals surface area contributed by atoms with E-state index in [1.807, 2.05) is 0 Å². The fourth-order valence-corrected chi connectivity index (χ4v) is 3.39. The second-order valence-corrected chi connectivity index (χ2v) is 6.66. The maximum absolute atomic E-state index is 13.0. The average molecular weight is 414 g/mol. The van der Waals surface area contributed by atoms with Gasteiger partial charge in [-0.1, -0.05) is 5.92 Å². The summed E-state index contributed by atoms with van der Waals surface area (Å²) in [5.41, 5.74) is 0.0917. The van der Waals surface area contributed by atoms with Gasteiger partial charge in [0.2, 0.25) is 0 Å². The van der Waals surface area contributed by atoms with E-state index in [-0.39, 0.29) is 24.3 Å². The van der Waals surface area contributed by atoms with E-state index in [4.69, 9.17) is 15.9 Å². The third kappa shape index (κ3) is 3.56. The predicted molar refractivity (Wildman–Crippen MR) is 112 cm³/mol. The molecule has 2 aromatic heterocycles. The van der Waals surface area contributed by atoms with Gasteiger partial charge in [-0.3, -0.25) is 13.8 Å². The van der Waals surface area contributed by atoms with Crippen molar-refractivity contribution in [2.24, 2.45) is 7.05 Å². The van der Waals surface area contributed by atoms with Gasteiger partial charge < -0.3 is 14.0 Å². The summed E-state index contributed by atoms with van der Waals surface area (Å²) in [7, 11) is 4.76. The monoisotopic (exact) mass is 414 g/mol. The largest absolute Gasteiger partial charge is 0.493 e. The highest BCUT2D eigenvalue weighted by atomic mass is 19.1. The van der Waals surface area contributed by atoms with Crippen LogP contribution in [0.1, 0.15) is 12.8 Å². The maximum atomic E-state index is 13.0. The zero-order valence-electron chi connectivity index (χ0n) is 17.1. The number of hydrogen-bond acceptors (Lipinski definition) is 5. The van der Waals surface area contributed by atoms with Crippen molar-refractivity contribution in [3.63, 3.8) is 0 Å². The van der Waals surface area contributed by atoms with Gasteiger partial charge in [-0.05, 0) is 31.0 Å². The molecule has 0 bridgehead atoms. The van der Waals surface area contributed by atoms with E-state index in [1.54, 1.807) is 29.8 Å². The Hall–Kier alpha value is -3.54. The summed E-state index contributed by atoms with van der Waals surface area (Å²) in [6.07, 6.45) is 6.09. The molecule has 0 atom stereocenters. The van der Waals surface area contributed by atoms with Gasteiger partial charge in [-0.25, -0.2) is 14.3 Å². The van der Waals surface area contributed by atoms with Crippen molar-refractivity contribution in [3.8, 4) is 35.2 Å². The van der Waals surface area contributed by atoms with Gasteiger partial charge in [0.15, 0.2) is 22.7 Å². The van der Waals surface area contributed by atoms with Crippen LogP contribution in [0.4, 0.5) is 4.39 Å². The molecule has 0 aliphatic rings. The number of fused-ring (bicyclic) bond motifs is 1. The lowest BCUT2D eigenvalue weighted by Crippen LogP contribution is -2.40. The molecule has 0 radical (unpaired) electrons. The lowest BCUT2D eigenvalue weighted by Gasteiger charge is -2.10. The molecule has 158 valence electrons. The molecule has 0 fully saturated rings. The molecule has 0 spiro atoms. The number of rotatable bonds is 8. The lowest BCUT2D eigenvalue weighted by atomic mass is 10.2. The summed E-state index contributed by atoms with van der Waals surface area (Å²) in [6.45, 7) is -0.416. The van der Waals surface area contributed by atoms with Crippen LogP contribution in [-0.4, -0.2) is 39.6 Å². The summed E-state index contributed by atoms with van der Waals surface area (Å²) < 4.78 is 27.2. The third-order valence-corrected chi connectivity index (χ3v) is 4.90. The molecule has 0 N–H and O–H groups in total. The number of methoxy groups -OCH3 is 2. The van der Waals surface area contributed by atoms with Crippen molar-refractivity contribution < 1.29 is 13.9 Å². The minimum atomic E-state index is -0.554. The number of unbranched alkanes of at least 4 members (excludes halogenated alkanes) is 1. The van der Waals surface area contributed by atoms with Gasteiger partial charge in [-0.15, -0.1) is 6.42 Å². The lowest BCUT2D eigenvalue weighted by molar-refractivity contribution is 0.355. The average Bonchev–Trinajstić information content (AvgIpc) is 3.10. The molecule has 3 rings (SSSR count).